The number of thioether (sulfide) groups is 1. The van der Waals surface area contributed by atoms with Gasteiger partial charge in [-0.2, -0.15) is 0 Å². The van der Waals surface area contributed by atoms with E-state index < -0.39 is 0 Å². The molecule has 1 aromatic carbocycles. The minimum Gasteiger partial charge on any atom is -0.353 e. The van der Waals surface area contributed by atoms with Crippen molar-refractivity contribution in [3.8, 4) is 5.69 Å². The van der Waals surface area contributed by atoms with E-state index >= 15 is 0 Å². The molecular formula is C19H25N3OS. The van der Waals surface area contributed by atoms with Crippen LogP contribution >= 0.6 is 11.8 Å². The van der Waals surface area contributed by atoms with E-state index in [1.165, 1.54) is 42.2 Å². The van der Waals surface area contributed by atoms with Crippen LogP contribution in [0.15, 0.2) is 35.7 Å². The number of amides is 1. The van der Waals surface area contributed by atoms with Gasteiger partial charge in [0.15, 0.2) is 5.16 Å². The van der Waals surface area contributed by atoms with E-state index in [9.17, 15) is 4.79 Å². The summed E-state index contributed by atoms with van der Waals surface area (Å²) in [5.74, 6) is 0.528. The first-order valence-corrected chi connectivity index (χ1v) is 9.65. The Hall–Kier alpha value is -1.75. The lowest BCUT2D eigenvalue weighted by molar-refractivity contribution is -0.119. The molecular weight excluding hydrogens is 318 g/mol. The van der Waals surface area contributed by atoms with Gasteiger partial charge in [0, 0.05) is 18.4 Å². The Balaban J connectivity index is 1.62. The number of imidazole rings is 1. The van der Waals surface area contributed by atoms with E-state index in [0.29, 0.717) is 11.8 Å². The van der Waals surface area contributed by atoms with Crippen LogP contribution in [0.4, 0.5) is 0 Å². The van der Waals surface area contributed by atoms with Crippen molar-refractivity contribution in [1.29, 1.82) is 0 Å². The van der Waals surface area contributed by atoms with Crippen molar-refractivity contribution in [2.24, 2.45) is 0 Å². The second-order valence-electron chi connectivity index (χ2n) is 6.56. The molecule has 4 nitrogen and oxygen atoms in total. The van der Waals surface area contributed by atoms with Crippen LogP contribution in [0.2, 0.25) is 0 Å². The van der Waals surface area contributed by atoms with Gasteiger partial charge in [-0.25, -0.2) is 4.98 Å². The molecule has 0 spiro atoms. The second kappa shape index (κ2) is 7.88. The van der Waals surface area contributed by atoms with E-state index in [2.05, 4.69) is 46.9 Å². The summed E-state index contributed by atoms with van der Waals surface area (Å²) in [6.07, 6.45) is 9.75. The van der Waals surface area contributed by atoms with Crippen LogP contribution in [0.5, 0.6) is 0 Å². The van der Waals surface area contributed by atoms with E-state index in [-0.39, 0.29) is 5.91 Å². The fraction of sp³-hybridized carbons (Fsp3) is 0.474. The highest BCUT2D eigenvalue weighted by molar-refractivity contribution is 7.99. The molecule has 0 bridgehead atoms. The average molecular weight is 343 g/mol. The summed E-state index contributed by atoms with van der Waals surface area (Å²) < 4.78 is 2.06. The van der Waals surface area contributed by atoms with E-state index in [4.69, 9.17) is 0 Å². The van der Waals surface area contributed by atoms with Gasteiger partial charge in [-0.3, -0.25) is 9.36 Å². The van der Waals surface area contributed by atoms with Crippen molar-refractivity contribution in [3.63, 3.8) is 0 Å². The first kappa shape index (κ1) is 17.1. The van der Waals surface area contributed by atoms with Crippen LogP contribution < -0.4 is 5.32 Å². The van der Waals surface area contributed by atoms with Crippen molar-refractivity contribution in [3.05, 3.63) is 41.7 Å². The van der Waals surface area contributed by atoms with Gasteiger partial charge in [0.25, 0.3) is 0 Å². The van der Waals surface area contributed by atoms with Gasteiger partial charge in [-0.1, -0.05) is 48.7 Å². The summed E-state index contributed by atoms with van der Waals surface area (Å²) in [7, 11) is 0. The van der Waals surface area contributed by atoms with Crippen LogP contribution in [-0.4, -0.2) is 27.3 Å². The topological polar surface area (TPSA) is 46.9 Å². The van der Waals surface area contributed by atoms with Crippen molar-refractivity contribution >= 4 is 17.7 Å². The molecule has 1 aromatic heterocycles. The number of carbonyl (C=O) groups excluding carboxylic acids is 1. The lowest BCUT2D eigenvalue weighted by Gasteiger charge is -2.22. The smallest absolute Gasteiger partial charge is 0.230 e. The zero-order chi connectivity index (χ0) is 16.9. The molecule has 2 aromatic rings. The Bertz CT molecular complexity index is 704. The van der Waals surface area contributed by atoms with Gasteiger partial charge in [-0.15, -0.1) is 0 Å². The maximum atomic E-state index is 12.2. The number of hydrogen-bond donors (Lipinski definition) is 1. The molecule has 24 heavy (non-hydrogen) atoms. The summed E-state index contributed by atoms with van der Waals surface area (Å²) in [5.41, 5.74) is 3.58. The molecule has 1 N–H and O–H groups in total. The minimum atomic E-state index is 0.113. The van der Waals surface area contributed by atoms with E-state index in [1.807, 2.05) is 6.20 Å². The Labute approximate surface area is 148 Å². The number of nitrogens with zero attached hydrogens (tertiary/aromatic N) is 2. The lowest BCUT2D eigenvalue weighted by Crippen LogP contribution is -2.37. The first-order chi connectivity index (χ1) is 11.6. The molecule has 0 atom stereocenters. The molecule has 0 unspecified atom stereocenters. The van der Waals surface area contributed by atoms with Gasteiger partial charge in [0.2, 0.25) is 5.91 Å². The Kier molecular flexibility index (Phi) is 5.61. The second-order valence-corrected chi connectivity index (χ2v) is 7.50. The fourth-order valence-electron chi connectivity index (χ4n) is 3.30. The first-order valence-electron chi connectivity index (χ1n) is 8.66. The number of aromatic nitrogens is 2. The van der Waals surface area contributed by atoms with Crippen molar-refractivity contribution in [2.75, 3.05) is 5.75 Å². The molecule has 1 aliphatic rings. The van der Waals surface area contributed by atoms with Crippen LogP contribution in [0.1, 0.15) is 43.2 Å². The quantitative estimate of drug-likeness (QED) is 0.834. The summed E-state index contributed by atoms with van der Waals surface area (Å²) in [6.45, 7) is 4.20. The van der Waals surface area contributed by atoms with Gasteiger partial charge in [0.1, 0.15) is 0 Å². The molecule has 5 heteroatoms. The summed E-state index contributed by atoms with van der Waals surface area (Å²) in [5, 5.41) is 4.02. The van der Waals surface area contributed by atoms with E-state index in [1.54, 1.807) is 6.20 Å². The normalized spacial score (nSPS) is 15.4. The Morgan fingerprint density at radius 1 is 1.29 bits per heavy atom. The standard InChI is InChI=1S/C19H25N3OS/c1-14-8-9-17(15(2)12-14)22-11-10-20-19(22)24-13-18(23)21-16-6-4-3-5-7-16/h8-12,16H,3-7,13H2,1-2H3,(H,21,23). The molecule has 1 saturated carbocycles. The SMILES string of the molecule is Cc1ccc(-n2ccnc2SCC(=O)NC2CCCCC2)c(C)c1. The lowest BCUT2D eigenvalue weighted by atomic mass is 9.95. The predicted molar refractivity (Wildman–Crippen MR) is 98.8 cm³/mol. The van der Waals surface area contributed by atoms with Crippen molar-refractivity contribution < 1.29 is 4.79 Å². The molecule has 0 saturated heterocycles. The highest BCUT2D eigenvalue weighted by atomic mass is 32.2. The number of rotatable bonds is 5. The monoisotopic (exact) mass is 343 g/mol. The number of benzene rings is 1. The highest BCUT2D eigenvalue weighted by Gasteiger charge is 2.16. The number of aryl methyl sites for hydroxylation is 2. The summed E-state index contributed by atoms with van der Waals surface area (Å²) >= 11 is 1.50. The largest absolute Gasteiger partial charge is 0.353 e. The Morgan fingerprint density at radius 3 is 2.83 bits per heavy atom. The van der Waals surface area contributed by atoms with Crippen molar-refractivity contribution in [2.45, 2.75) is 57.1 Å². The molecule has 128 valence electrons. The minimum absolute atomic E-state index is 0.113. The van der Waals surface area contributed by atoms with Crippen LogP contribution in [-0.2, 0) is 4.79 Å². The van der Waals surface area contributed by atoms with Crippen LogP contribution in [0, 0.1) is 13.8 Å². The van der Waals surface area contributed by atoms with Gasteiger partial charge in [0.05, 0.1) is 11.4 Å². The fourth-order valence-corrected chi connectivity index (χ4v) is 4.08. The average Bonchev–Trinajstić information content (AvgIpc) is 3.02. The molecule has 1 fully saturated rings. The van der Waals surface area contributed by atoms with Crippen molar-refractivity contribution in [1.82, 2.24) is 14.9 Å². The maximum Gasteiger partial charge on any atom is 0.230 e. The van der Waals surface area contributed by atoms with Crippen LogP contribution in [0.3, 0.4) is 0 Å². The summed E-state index contributed by atoms with van der Waals surface area (Å²) in [6, 6.07) is 6.75. The summed E-state index contributed by atoms with van der Waals surface area (Å²) in [4.78, 5) is 16.6. The predicted octanol–water partition coefficient (Wildman–Crippen LogP) is 4.03. The number of carbonyl (C=O) groups is 1. The number of nitrogens with one attached hydrogen (secondary N) is 1. The van der Waals surface area contributed by atoms with Gasteiger partial charge >= 0.3 is 0 Å². The third kappa shape index (κ3) is 4.20. The van der Waals surface area contributed by atoms with Crippen LogP contribution in [0.25, 0.3) is 5.69 Å². The van der Waals surface area contributed by atoms with Gasteiger partial charge in [-0.05, 0) is 38.3 Å². The molecule has 1 aliphatic carbocycles. The molecule has 0 radical (unpaired) electrons. The molecule has 1 amide bonds. The maximum absolute atomic E-state index is 12.2. The third-order valence-electron chi connectivity index (χ3n) is 4.52. The molecule has 1 heterocycles. The highest BCUT2D eigenvalue weighted by Crippen LogP contribution is 2.23. The molecule has 3 rings (SSSR count). The van der Waals surface area contributed by atoms with E-state index in [0.717, 1.165) is 23.7 Å². The molecule has 0 aliphatic heterocycles. The zero-order valence-electron chi connectivity index (χ0n) is 14.4. The third-order valence-corrected chi connectivity index (χ3v) is 5.49. The Morgan fingerprint density at radius 2 is 2.08 bits per heavy atom. The number of hydrogen-bond acceptors (Lipinski definition) is 3. The van der Waals surface area contributed by atoms with Gasteiger partial charge < -0.3 is 5.32 Å². The zero-order valence-corrected chi connectivity index (χ0v) is 15.2.